The lowest BCUT2D eigenvalue weighted by Crippen LogP contribution is -2.37. The summed E-state index contributed by atoms with van der Waals surface area (Å²) >= 11 is 0. The molecular weight excluding hydrogens is 841 g/mol. The van der Waals surface area contributed by atoms with Crippen molar-refractivity contribution in [3.63, 3.8) is 0 Å². The van der Waals surface area contributed by atoms with Crippen LogP contribution in [-0.2, 0) is 5.41 Å². The number of hydrogen-bond donors (Lipinski definition) is 0. The molecule has 0 fully saturated rings. The number of para-hydroxylation sites is 3. The van der Waals surface area contributed by atoms with Crippen molar-refractivity contribution in [1.82, 2.24) is 0 Å². The summed E-state index contributed by atoms with van der Waals surface area (Å²) in [6, 6.07) is 87.0. The minimum atomic E-state index is -1.41. The van der Waals surface area contributed by atoms with E-state index in [4.69, 9.17) is 4.74 Å². The van der Waals surface area contributed by atoms with Gasteiger partial charge in [0.05, 0.1) is 24.9 Å². The molecule has 13 rings (SSSR count). The van der Waals surface area contributed by atoms with E-state index in [1.54, 1.807) is 0 Å². The summed E-state index contributed by atoms with van der Waals surface area (Å²) in [5.41, 5.74) is 21.2. The number of ether oxygens (including phenoxy) is 1. The molecule has 0 aromatic heterocycles. The molecule has 68 heavy (non-hydrogen) atoms. The third kappa shape index (κ3) is 6.18. The van der Waals surface area contributed by atoms with E-state index < -0.39 is 13.5 Å². The number of hydrogen-bond acceptors (Lipinski definition) is 3. The van der Waals surface area contributed by atoms with Crippen LogP contribution >= 0.6 is 0 Å². The maximum Gasteiger partial charge on any atom is 0.152 e. The van der Waals surface area contributed by atoms with Crippen molar-refractivity contribution in [1.29, 1.82) is 0 Å². The van der Waals surface area contributed by atoms with Crippen LogP contribution in [0.1, 0.15) is 22.3 Å². The number of nitrogens with zero attached hydrogens (tertiary/aromatic N) is 2. The van der Waals surface area contributed by atoms with E-state index in [0.29, 0.717) is 0 Å². The van der Waals surface area contributed by atoms with Crippen LogP contribution in [0.3, 0.4) is 0 Å². The van der Waals surface area contributed by atoms with Crippen LogP contribution in [0.25, 0.3) is 44.5 Å². The van der Waals surface area contributed by atoms with E-state index in [0.717, 1.165) is 56.8 Å². The zero-order valence-electron chi connectivity index (χ0n) is 38.3. The van der Waals surface area contributed by atoms with E-state index in [-0.39, 0.29) is 0 Å². The Bertz CT molecular complexity index is 3510. The van der Waals surface area contributed by atoms with Crippen molar-refractivity contribution in [2.24, 2.45) is 0 Å². The summed E-state index contributed by atoms with van der Waals surface area (Å²) in [5, 5.41) is 1.47. The Hall–Kier alpha value is -8.18. The molecule has 0 radical (unpaired) electrons. The molecule has 1 spiro atoms. The minimum Gasteiger partial charge on any atom is -0.453 e. The van der Waals surface area contributed by atoms with Crippen LogP contribution in [0.15, 0.2) is 237 Å². The molecule has 0 atom stereocenters. The van der Waals surface area contributed by atoms with Crippen molar-refractivity contribution in [2.45, 2.75) is 25.1 Å². The number of fused-ring (bicyclic) bond motifs is 12. The zero-order chi connectivity index (χ0) is 45.6. The summed E-state index contributed by atoms with van der Waals surface area (Å²) in [5.74, 6) is 1.67. The smallest absolute Gasteiger partial charge is 0.152 e. The lowest BCUT2D eigenvalue weighted by atomic mass is 9.70. The predicted octanol–water partition coefficient (Wildman–Crippen LogP) is 17.0. The first-order chi connectivity index (χ1) is 33.3. The molecule has 0 amide bonds. The highest BCUT2D eigenvalue weighted by Gasteiger charge is 2.51. The van der Waals surface area contributed by atoms with Gasteiger partial charge < -0.3 is 14.5 Å². The third-order valence-corrected chi connectivity index (χ3v) is 16.5. The molecule has 3 aliphatic rings. The van der Waals surface area contributed by atoms with Crippen molar-refractivity contribution in [3.05, 3.63) is 259 Å². The summed E-state index contributed by atoms with van der Waals surface area (Å²) in [6.07, 6.45) is 0. The summed E-state index contributed by atoms with van der Waals surface area (Å²) in [4.78, 5) is 4.71. The SMILES string of the molecule is C[Si](C)(C)c1ccc(-c2ccc(N(c3ccc(-c4ccc5c(c4)Oc4ccccc4N5c4ccccc4)cc3)c3ccc4c(c3)C3(c5ccccc5-c5ccccc53)c3ccccc3-4)cc2)cc1. The maximum atomic E-state index is 6.63. The molecule has 0 saturated carbocycles. The normalized spacial score (nSPS) is 13.4. The first kappa shape index (κ1) is 40.1. The van der Waals surface area contributed by atoms with Gasteiger partial charge in [0.1, 0.15) is 0 Å². The van der Waals surface area contributed by atoms with Gasteiger partial charge in [0.15, 0.2) is 11.5 Å². The van der Waals surface area contributed by atoms with E-state index in [1.165, 1.54) is 60.8 Å². The molecule has 0 N–H and O–H groups in total. The van der Waals surface area contributed by atoms with Gasteiger partial charge in [-0.2, -0.15) is 0 Å². The Balaban J connectivity index is 0.934. The minimum absolute atomic E-state index is 0.443. The quantitative estimate of drug-likeness (QED) is 0.148. The standard InChI is InChI=1S/C64H48N2OSi/c1-68(2,3)51-37-29-44(30-38-51)43-25-32-48(33-26-43)65(49-34-27-45(28-35-49)46-31-40-61-63(41-46)67-62-24-14-13-23-60(62)66(61)47-15-5-4-6-16-47)50-36-39-55-54-19-9-12-22-58(54)64(59(55)42-50)56-20-10-7-17-52(56)53-18-8-11-21-57(53)64/h4-42H,1-3H3. The molecule has 0 saturated heterocycles. The van der Waals surface area contributed by atoms with Gasteiger partial charge in [-0.1, -0.05) is 189 Å². The molecule has 3 nitrogen and oxygen atoms in total. The number of anilines is 6. The monoisotopic (exact) mass is 888 g/mol. The van der Waals surface area contributed by atoms with Gasteiger partial charge in [-0.05, 0) is 140 Å². The number of rotatable bonds is 7. The second kappa shape index (κ2) is 15.4. The van der Waals surface area contributed by atoms with Crippen LogP contribution in [0, 0.1) is 0 Å². The van der Waals surface area contributed by atoms with Gasteiger partial charge in [-0.3, -0.25) is 0 Å². The molecular formula is C64H48N2OSi. The fourth-order valence-corrected chi connectivity index (χ4v) is 12.4. The topological polar surface area (TPSA) is 15.7 Å². The summed E-state index contributed by atoms with van der Waals surface area (Å²) in [7, 11) is -1.41. The fraction of sp³-hybridized carbons (Fsp3) is 0.0625. The molecule has 324 valence electrons. The average molecular weight is 889 g/mol. The van der Waals surface area contributed by atoms with Crippen molar-refractivity contribution in [2.75, 3.05) is 9.80 Å². The highest BCUT2D eigenvalue weighted by Crippen LogP contribution is 2.63. The largest absolute Gasteiger partial charge is 0.453 e. The second-order valence-electron chi connectivity index (χ2n) is 19.3. The van der Waals surface area contributed by atoms with Crippen LogP contribution < -0.4 is 19.7 Å². The molecule has 10 aromatic carbocycles. The highest BCUT2D eigenvalue weighted by atomic mass is 28.3. The maximum absolute atomic E-state index is 6.63. The summed E-state index contributed by atoms with van der Waals surface area (Å²) in [6.45, 7) is 7.21. The lowest BCUT2D eigenvalue weighted by Gasteiger charge is -2.33. The average Bonchev–Trinajstić information content (AvgIpc) is 3.85. The van der Waals surface area contributed by atoms with Crippen LogP contribution in [0.4, 0.5) is 34.1 Å². The molecule has 1 heterocycles. The first-order valence-electron chi connectivity index (χ1n) is 23.7. The van der Waals surface area contributed by atoms with Crippen LogP contribution in [0.2, 0.25) is 19.6 Å². The second-order valence-corrected chi connectivity index (χ2v) is 24.4. The fourth-order valence-electron chi connectivity index (χ4n) is 11.2. The van der Waals surface area contributed by atoms with E-state index >= 15 is 0 Å². The van der Waals surface area contributed by atoms with Gasteiger partial charge in [-0.15, -0.1) is 0 Å². The highest BCUT2D eigenvalue weighted by molar-refractivity contribution is 6.88. The van der Waals surface area contributed by atoms with E-state index in [1.807, 2.05) is 12.1 Å². The van der Waals surface area contributed by atoms with Gasteiger partial charge in [0, 0.05) is 22.7 Å². The molecule has 0 bridgehead atoms. The predicted molar refractivity (Wildman–Crippen MR) is 286 cm³/mol. The molecule has 10 aromatic rings. The van der Waals surface area contributed by atoms with Gasteiger partial charge >= 0.3 is 0 Å². The van der Waals surface area contributed by atoms with Crippen molar-refractivity contribution < 1.29 is 4.74 Å². The Kier molecular flexibility index (Phi) is 9.11. The van der Waals surface area contributed by atoms with Crippen LogP contribution in [-0.4, -0.2) is 8.07 Å². The van der Waals surface area contributed by atoms with Crippen molar-refractivity contribution in [3.8, 4) is 56.0 Å². The Morgan fingerprint density at radius 2 is 0.824 bits per heavy atom. The van der Waals surface area contributed by atoms with Crippen LogP contribution in [0.5, 0.6) is 11.5 Å². The lowest BCUT2D eigenvalue weighted by molar-refractivity contribution is 0.477. The van der Waals surface area contributed by atoms with Gasteiger partial charge in [0.2, 0.25) is 0 Å². The number of benzene rings is 10. The van der Waals surface area contributed by atoms with E-state index in [2.05, 4.69) is 254 Å². The van der Waals surface area contributed by atoms with Gasteiger partial charge in [-0.25, -0.2) is 0 Å². The Morgan fingerprint density at radius 3 is 1.41 bits per heavy atom. The van der Waals surface area contributed by atoms with Crippen molar-refractivity contribution >= 4 is 47.4 Å². The molecule has 0 unspecified atom stereocenters. The van der Waals surface area contributed by atoms with Gasteiger partial charge in [0.25, 0.3) is 0 Å². The Labute approximate surface area is 399 Å². The molecule has 1 aliphatic heterocycles. The van der Waals surface area contributed by atoms with E-state index in [9.17, 15) is 0 Å². The zero-order valence-corrected chi connectivity index (χ0v) is 39.3. The first-order valence-corrected chi connectivity index (χ1v) is 27.2. The molecule has 4 heteroatoms. The third-order valence-electron chi connectivity index (χ3n) is 14.4. The molecule has 2 aliphatic carbocycles. The Morgan fingerprint density at radius 1 is 0.368 bits per heavy atom. The summed E-state index contributed by atoms with van der Waals surface area (Å²) < 4.78 is 6.63.